The Morgan fingerprint density at radius 3 is 2.36 bits per heavy atom. The Labute approximate surface area is 246 Å². The monoisotopic (exact) mass is 591 g/mol. The van der Waals surface area contributed by atoms with E-state index in [1.807, 2.05) is 39.8 Å². The van der Waals surface area contributed by atoms with Crippen LogP contribution in [0.5, 0.6) is 5.75 Å². The summed E-state index contributed by atoms with van der Waals surface area (Å²) in [5.74, 6) is 0.693. The van der Waals surface area contributed by atoms with Crippen LogP contribution in [0.1, 0.15) is 64.6 Å². The number of hydrogen-bond donors (Lipinski definition) is 2. The van der Waals surface area contributed by atoms with Gasteiger partial charge in [-0.1, -0.05) is 32.4 Å². The summed E-state index contributed by atoms with van der Waals surface area (Å²) >= 11 is 6.52. The summed E-state index contributed by atoms with van der Waals surface area (Å²) in [7, 11) is 2.73. The Balaban J connectivity index is 1.52. The molecule has 5 rings (SSSR count). The molecule has 4 aromatic rings. The molecule has 0 aliphatic carbocycles. The van der Waals surface area contributed by atoms with Gasteiger partial charge >= 0.3 is 5.97 Å². The molecule has 218 valence electrons. The largest absolute Gasteiger partial charge is 0.497 e. The van der Waals surface area contributed by atoms with Gasteiger partial charge in [-0.05, 0) is 48.7 Å². The van der Waals surface area contributed by atoms with Crippen LogP contribution in [0.15, 0.2) is 56.5 Å². The summed E-state index contributed by atoms with van der Waals surface area (Å²) in [6.45, 7) is 7.85. The van der Waals surface area contributed by atoms with Crippen LogP contribution in [0, 0.1) is 12.3 Å². The number of nitrogens with one attached hydrogen (secondary N) is 2. The third-order valence-corrected chi connectivity index (χ3v) is 7.66. The van der Waals surface area contributed by atoms with E-state index in [0.29, 0.717) is 27.8 Å². The van der Waals surface area contributed by atoms with Crippen LogP contribution in [-0.2, 0) is 11.3 Å². The minimum Gasteiger partial charge on any atom is -0.497 e. The van der Waals surface area contributed by atoms with Crippen LogP contribution in [0.25, 0.3) is 0 Å². The van der Waals surface area contributed by atoms with Gasteiger partial charge in [0.1, 0.15) is 28.6 Å². The van der Waals surface area contributed by atoms with E-state index < -0.39 is 28.8 Å². The lowest BCUT2D eigenvalue weighted by molar-refractivity contribution is 0.0601. The number of amides is 1. The van der Waals surface area contributed by atoms with E-state index in [4.69, 9.17) is 25.5 Å². The van der Waals surface area contributed by atoms with Gasteiger partial charge in [0.2, 0.25) is 0 Å². The van der Waals surface area contributed by atoms with Crippen LogP contribution in [-0.4, -0.2) is 26.1 Å². The minimum absolute atomic E-state index is 0.0323. The van der Waals surface area contributed by atoms with Crippen molar-refractivity contribution < 1.29 is 23.5 Å². The third kappa shape index (κ3) is 4.92. The standard InChI is InChI=1S/C31H30ClN3O7/c1-15-7-12-22(42-15)28(31(2,3)4)34-25-24(26(36)27(25)37)33-20-11-10-19(32)18-14-35(29(38)23(18)20)21-13-16(40-5)8-9-17(21)30(39)41-6/h7-13,28,33-34H,14H2,1-6H3/t28-/m0/s1. The van der Waals surface area contributed by atoms with Gasteiger partial charge < -0.3 is 29.4 Å². The molecule has 1 aliphatic heterocycles. The summed E-state index contributed by atoms with van der Waals surface area (Å²) in [6.07, 6.45) is 0. The molecule has 1 atom stereocenters. The molecule has 0 bridgehead atoms. The maximum atomic E-state index is 13.9. The average Bonchev–Trinajstić information content (AvgIpc) is 3.55. The SMILES string of the molecule is COC(=O)c1ccc(OC)cc1N1Cc2c(Cl)ccc(Nc3c(N[C@@H](c4ccc(C)o4)C(C)(C)C)c(=O)c3=O)c2C1=O. The lowest BCUT2D eigenvalue weighted by Crippen LogP contribution is -2.39. The number of nitrogens with zero attached hydrogens (tertiary/aromatic N) is 1. The fourth-order valence-electron chi connectivity index (χ4n) is 5.08. The first-order chi connectivity index (χ1) is 19.8. The number of furan rings is 1. The zero-order valence-corrected chi connectivity index (χ0v) is 24.8. The predicted octanol–water partition coefficient (Wildman–Crippen LogP) is 5.74. The van der Waals surface area contributed by atoms with E-state index in [2.05, 4.69) is 10.6 Å². The zero-order valence-electron chi connectivity index (χ0n) is 24.0. The minimum atomic E-state index is -0.715. The lowest BCUT2D eigenvalue weighted by Gasteiger charge is -2.31. The Morgan fingerprint density at radius 1 is 1.02 bits per heavy atom. The highest BCUT2D eigenvalue weighted by Crippen LogP contribution is 2.42. The van der Waals surface area contributed by atoms with Gasteiger partial charge in [-0.15, -0.1) is 0 Å². The quantitative estimate of drug-likeness (QED) is 0.195. The Kier molecular flexibility index (Phi) is 7.36. The lowest BCUT2D eigenvalue weighted by atomic mass is 9.85. The molecule has 2 N–H and O–H groups in total. The Morgan fingerprint density at radius 2 is 1.74 bits per heavy atom. The highest BCUT2D eigenvalue weighted by atomic mass is 35.5. The van der Waals surface area contributed by atoms with Gasteiger partial charge in [-0.25, -0.2) is 4.79 Å². The van der Waals surface area contributed by atoms with Crippen molar-refractivity contribution in [2.45, 2.75) is 40.3 Å². The average molecular weight is 592 g/mol. The number of fused-ring (bicyclic) bond motifs is 1. The number of methoxy groups -OCH3 is 2. The molecule has 0 radical (unpaired) electrons. The smallest absolute Gasteiger partial charge is 0.339 e. The molecule has 10 nitrogen and oxygen atoms in total. The molecule has 3 aromatic carbocycles. The maximum absolute atomic E-state index is 13.9. The molecule has 0 saturated heterocycles. The van der Waals surface area contributed by atoms with E-state index in [9.17, 15) is 19.2 Å². The van der Waals surface area contributed by atoms with Crippen molar-refractivity contribution in [3.63, 3.8) is 0 Å². The van der Waals surface area contributed by atoms with Gasteiger partial charge in [0.25, 0.3) is 16.8 Å². The fraction of sp³-hybridized carbons (Fsp3) is 0.290. The molecular formula is C31H30ClN3O7. The first-order valence-electron chi connectivity index (χ1n) is 13.2. The van der Waals surface area contributed by atoms with Crippen molar-refractivity contribution in [2.75, 3.05) is 29.8 Å². The van der Waals surface area contributed by atoms with Crippen LogP contribution >= 0.6 is 11.6 Å². The summed E-state index contributed by atoms with van der Waals surface area (Å²) in [5, 5.41) is 6.55. The highest BCUT2D eigenvalue weighted by Gasteiger charge is 2.37. The summed E-state index contributed by atoms with van der Waals surface area (Å²) in [5.41, 5.74) is -0.186. The second-order valence-electron chi connectivity index (χ2n) is 11.1. The van der Waals surface area contributed by atoms with Crippen molar-refractivity contribution in [1.29, 1.82) is 0 Å². The van der Waals surface area contributed by atoms with E-state index in [0.717, 1.165) is 5.76 Å². The van der Waals surface area contributed by atoms with Crippen LogP contribution in [0.4, 0.5) is 22.7 Å². The van der Waals surface area contributed by atoms with E-state index >= 15 is 0 Å². The first-order valence-corrected chi connectivity index (χ1v) is 13.6. The van der Waals surface area contributed by atoms with Crippen molar-refractivity contribution in [3.8, 4) is 5.75 Å². The number of hydrogen-bond acceptors (Lipinski definition) is 9. The highest BCUT2D eigenvalue weighted by molar-refractivity contribution is 6.33. The second-order valence-corrected chi connectivity index (χ2v) is 11.5. The molecule has 42 heavy (non-hydrogen) atoms. The molecule has 0 fully saturated rings. The molecule has 2 heterocycles. The number of halogens is 1. The summed E-state index contributed by atoms with van der Waals surface area (Å²) in [6, 6.07) is 11.1. The normalized spacial score (nSPS) is 13.7. The maximum Gasteiger partial charge on any atom is 0.339 e. The Bertz CT molecular complexity index is 1790. The molecular weight excluding hydrogens is 562 g/mol. The number of carbonyl (C=O) groups is 2. The van der Waals surface area contributed by atoms with Gasteiger partial charge in [0.05, 0.1) is 49.3 Å². The third-order valence-electron chi connectivity index (χ3n) is 7.30. The molecule has 0 spiro atoms. The Hall–Kier alpha value is -4.57. The zero-order chi connectivity index (χ0) is 30.5. The first kappa shape index (κ1) is 28.9. The summed E-state index contributed by atoms with van der Waals surface area (Å²) in [4.78, 5) is 53.3. The molecule has 1 amide bonds. The molecule has 0 saturated carbocycles. The van der Waals surface area contributed by atoms with Gasteiger partial charge in [0.15, 0.2) is 0 Å². The molecule has 1 aliphatic rings. The number of esters is 1. The second kappa shape index (κ2) is 10.7. The van der Waals surface area contributed by atoms with Crippen molar-refractivity contribution >= 4 is 46.2 Å². The molecule has 1 aromatic heterocycles. The van der Waals surface area contributed by atoms with Crippen molar-refractivity contribution in [1.82, 2.24) is 0 Å². The van der Waals surface area contributed by atoms with E-state index in [1.54, 1.807) is 24.3 Å². The number of benzene rings is 2. The van der Waals surface area contributed by atoms with Crippen LogP contribution in [0.2, 0.25) is 5.02 Å². The number of rotatable bonds is 8. The van der Waals surface area contributed by atoms with Crippen LogP contribution in [0.3, 0.4) is 0 Å². The van der Waals surface area contributed by atoms with Crippen LogP contribution < -0.4 is 31.1 Å². The number of carbonyl (C=O) groups excluding carboxylic acids is 2. The van der Waals surface area contributed by atoms with E-state index in [1.165, 1.54) is 25.2 Å². The topological polar surface area (TPSA) is 127 Å². The predicted molar refractivity (Wildman–Crippen MR) is 160 cm³/mol. The van der Waals surface area contributed by atoms with Crippen molar-refractivity contribution in [3.05, 3.63) is 96.1 Å². The fourth-order valence-corrected chi connectivity index (χ4v) is 5.30. The molecule has 0 unspecified atom stereocenters. The number of ether oxygens (including phenoxy) is 2. The van der Waals surface area contributed by atoms with E-state index in [-0.39, 0.29) is 40.1 Å². The van der Waals surface area contributed by atoms with Gasteiger partial charge in [-0.3, -0.25) is 14.4 Å². The van der Waals surface area contributed by atoms with Crippen molar-refractivity contribution in [2.24, 2.45) is 5.41 Å². The summed E-state index contributed by atoms with van der Waals surface area (Å²) < 4.78 is 16.1. The number of anilines is 4. The van der Waals surface area contributed by atoms with Gasteiger partial charge in [-0.2, -0.15) is 0 Å². The van der Waals surface area contributed by atoms with Gasteiger partial charge in [0, 0.05) is 16.7 Å². The molecule has 11 heteroatoms. The number of aryl methyl sites for hydroxylation is 1.